The highest BCUT2D eigenvalue weighted by Crippen LogP contribution is 2.04. The molecular weight excluding hydrogens is 316 g/mol. The van der Waals surface area contributed by atoms with Crippen LogP contribution in [-0.4, -0.2) is 43.1 Å². The average Bonchev–Trinajstić information content (AvgIpc) is 2.65. The van der Waals surface area contributed by atoms with Crippen LogP contribution in [0.2, 0.25) is 0 Å². The van der Waals surface area contributed by atoms with Gasteiger partial charge < -0.3 is 15.0 Å². The van der Waals surface area contributed by atoms with Crippen LogP contribution in [0.15, 0.2) is 0 Å². The number of unbranched alkanes of at least 4 members (excludes halogenated alkanes) is 3. The van der Waals surface area contributed by atoms with Crippen molar-refractivity contribution in [1.29, 1.82) is 0 Å². The lowest BCUT2D eigenvalue weighted by atomic mass is 10.1. The third-order valence-electron chi connectivity index (χ3n) is 3.40. The van der Waals surface area contributed by atoms with Crippen LogP contribution in [0, 0.1) is 5.92 Å². The summed E-state index contributed by atoms with van der Waals surface area (Å²) in [6.45, 7) is 13.3. The summed E-state index contributed by atoms with van der Waals surface area (Å²) in [6, 6.07) is 0. The SMILES string of the molecule is CC.CC.CCCCCNC(=O)CCCCN(C)C(=O)CC(C)C=O. The van der Waals surface area contributed by atoms with Crippen molar-refractivity contribution in [2.45, 2.75) is 86.5 Å². The van der Waals surface area contributed by atoms with Gasteiger partial charge in [-0.05, 0) is 19.3 Å². The predicted octanol–water partition coefficient (Wildman–Crippen LogP) is 4.20. The normalized spacial score (nSPS) is 10.4. The van der Waals surface area contributed by atoms with Gasteiger partial charge in [-0.3, -0.25) is 9.59 Å². The van der Waals surface area contributed by atoms with E-state index in [-0.39, 0.29) is 24.2 Å². The van der Waals surface area contributed by atoms with Gasteiger partial charge in [0, 0.05) is 38.9 Å². The number of amides is 2. The van der Waals surface area contributed by atoms with E-state index in [1.54, 1.807) is 18.9 Å². The molecule has 0 saturated carbocycles. The van der Waals surface area contributed by atoms with Gasteiger partial charge in [-0.2, -0.15) is 0 Å². The maximum Gasteiger partial charge on any atom is 0.223 e. The monoisotopic (exact) mass is 358 g/mol. The van der Waals surface area contributed by atoms with Crippen LogP contribution >= 0.6 is 0 Å². The molecule has 150 valence electrons. The van der Waals surface area contributed by atoms with Crippen molar-refractivity contribution in [2.75, 3.05) is 20.1 Å². The van der Waals surface area contributed by atoms with E-state index in [2.05, 4.69) is 12.2 Å². The summed E-state index contributed by atoms with van der Waals surface area (Å²) in [5.74, 6) is -0.151. The molecule has 0 radical (unpaired) electrons. The Labute approximate surface area is 155 Å². The minimum absolute atomic E-state index is 0.0152. The smallest absolute Gasteiger partial charge is 0.223 e. The Bertz CT molecular complexity index is 320. The maximum absolute atomic E-state index is 11.7. The summed E-state index contributed by atoms with van der Waals surface area (Å²) >= 11 is 0. The fraction of sp³-hybridized carbons (Fsp3) is 0.850. The number of rotatable bonds is 12. The second-order valence-electron chi connectivity index (χ2n) is 5.65. The quantitative estimate of drug-likeness (QED) is 0.420. The Balaban J connectivity index is -0.00000112. The minimum atomic E-state index is -0.228. The van der Waals surface area contributed by atoms with E-state index in [0.29, 0.717) is 13.0 Å². The lowest BCUT2D eigenvalue weighted by Gasteiger charge is -2.17. The van der Waals surface area contributed by atoms with Crippen molar-refractivity contribution in [3.63, 3.8) is 0 Å². The molecule has 0 aromatic rings. The molecule has 0 saturated heterocycles. The van der Waals surface area contributed by atoms with Crippen LogP contribution in [0.5, 0.6) is 0 Å². The molecule has 0 aromatic heterocycles. The van der Waals surface area contributed by atoms with Gasteiger partial charge in [-0.1, -0.05) is 54.4 Å². The Morgan fingerprint density at radius 3 is 2.16 bits per heavy atom. The molecule has 0 heterocycles. The summed E-state index contributed by atoms with van der Waals surface area (Å²) in [6.07, 6.45) is 6.49. The summed E-state index contributed by atoms with van der Waals surface area (Å²) in [7, 11) is 1.74. The number of nitrogens with one attached hydrogen (secondary N) is 1. The van der Waals surface area contributed by atoms with Crippen molar-refractivity contribution in [2.24, 2.45) is 5.92 Å². The molecule has 0 fully saturated rings. The van der Waals surface area contributed by atoms with Gasteiger partial charge in [0.05, 0.1) is 0 Å². The molecule has 0 aliphatic carbocycles. The molecule has 0 rings (SSSR count). The number of hydrogen-bond acceptors (Lipinski definition) is 3. The van der Waals surface area contributed by atoms with Crippen molar-refractivity contribution < 1.29 is 14.4 Å². The molecule has 1 N–H and O–H groups in total. The van der Waals surface area contributed by atoms with E-state index in [1.807, 2.05) is 27.7 Å². The van der Waals surface area contributed by atoms with Crippen LogP contribution in [-0.2, 0) is 14.4 Å². The third kappa shape index (κ3) is 20.6. The summed E-state index contributed by atoms with van der Waals surface area (Å²) in [4.78, 5) is 35.4. The molecule has 5 heteroatoms. The number of carbonyl (C=O) groups excluding carboxylic acids is 3. The van der Waals surface area contributed by atoms with Crippen LogP contribution in [0.4, 0.5) is 0 Å². The average molecular weight is 359 g/mol. The standard InChI is InChI=1S/C16H30N2O3.2C2H6/c1-4-5-7-10-17-15(20)9-6-8-11-18(3)16(21)12-14(2)13-19;2*1-2/h13-14H,4-12H2,1-3H3,(H,17,20);2*1-2H3. The highest BCUT2D eigenvalue weighted by molar-refractivity contribution is 5.78. The Morgan fingerprint density at radius 1 is 1.04 bits per heavy atom. The van der Waals surface area contributed by atoms with Crippen LogP contribution in [0.3, 0.4) is 0 Å². The first-order valence-electron chi connectivity index (χ1n) is 9.97. The van der Waals surface area contributed by atoms with Crippen molar-refractivity contribution in [3.8, 4) is 0 Å². The number of carbonyl (C=O) groups is 3. The summed E-state index contributed by atoms with van der Waals surface area (Å²) < 4.78 is 0. The molecule has 1 unspecified atom stereocenters. The fourth-order valence-electron chi connectivity index (χ4n) is 1.93. The summed E-state index contributed by atoms with van der Waals surface area (Å²) in [5.41, 5.74) is 0. The van der Waals surface area contributed by atoms with E-state index in [0.717, 1.165) is 44.9 Å². The van der Waals surface area contributed by atoms with Gasteiger partial charge in [-0.15, -0.1) is 0 Å². The Kier molecular flexibility index (Phi) is 25.7. The first-order valence-corrected chi connectivity index (χ1v) is 9.97. The van der Waals surface area contributed by atoms with Crippen LogP contribution < -0.4 is 5.32 Å². The molecule has 0 spiro atoms. The van der Waals surface area contributed by atoms with Gasteiger partial charge >= 0.3 is 0 Å². The van der Waals surface area contributed by atoms with Crippen LogP contribution in [0.25, 0.3) is 0 Å². The van der Waals surface area contributed by atoms with Crippen LogP contribution in [0.1, 0.15) is 86.5 Å². The second kappa shape index (κ2) is 22.6. The van der Waals surface area contributed by atoms with Gasteiger partial charge in [0.1, 0.15) is 6.29 Å². The second-order valence-corrected chi connectivity index (χ2v) is 5.65. The van der Waals surface area contributed by atoms with Gasteiger partial charge in [-0.25, -0.2) is 0 Å². The summed E-state index contributed by atoms with van der Waals surface area (Å²) in [5, 5.41) is 2.90. The lowest BCUT2D eigenvalue weighted by molar-refractivity contribution is -0.132. The zero-order valence-corrected chi connectivity index (χ0v) is 17.7. The van der Waals surface area contributed by atoms with Gasteiger partial charge in [0.2, 0.25) is 11.8 Å². The minimum Gasteiger partial charge on any atom is -0.356 e. The van der Waals surface area contributed by atoms with Gasteiger partial charge in [0.25, 0.3) is 0 Å². The van der Waals surface area contributed by atoms with Crippen molar-refractivity contribution >= 4 is 18.1 Å². The zero-order chi connectivity index (χ0) is 20.1. The highest BCUT2D eigenvalue weighted by atomic mass is 16.2. The van der Waals surface area contributed by atoms with E-state index < -0.39 is 0 Å². The van der Waals surface area contributed by atoms with E-state index in [1.165, 1.54) is 0 Å². The van der Waals surface area contributed by atoms with Crippen molar-refractivity contribution in [3.05, 3.63) is 0 Å². The predicted molar refractivity (Wildman–Crippen MR) is 107 cm³/mol. The molecular formula is C20H42N2O3. The van der Waals surface area contributed by atoms with Crippen molar-refractivity contribution in [1.82, 2.24) is 10.2 Å². The lowest BCUT2D eigenvalue weighted by Crippen LogP contribution is -2.29. The number of nitrogens with zero attached hydrogens (tertiary/aromatic N) is 1. The Morgan fingerprint density at radius 2 is 1.64 bits per heavy atom. The molecule has 0 aliphatic rings. The van der Waals surface area contributed by atoms with E-state index in [4.69, 9.17) is 0 Å². The zero-order valence-electron chi connectivity index (χ0n) is 17.7. The first-order chi connectivity index (χ1) is 12.0. The number of hydrogen-bond donors (Lipinski definition) is 1. The molecule has 0 aromatic carbocycles. The topological polar surface area (TPSA) is 66.5 Å². The van der Waals surface area contributed by atoms with E-state index >= 15 is 0 Å². The highest BCUT2D eigenvalue weighted by Gasteiger charge is 2.12. The van der Waals surface area contributed by atoms with E-state index in [9.17, 15) is 14.4 Å². The molecule has 5 nitrogen and oxygen atoms in total. The Hall–Kier alpha value is -1.39. The first kappa shape index (κ1) is 28.4. The third-order valence-corrected chi connectivity index (χ3v) is 3.40. The molecule has 0 bridgehead atoms. The molecule has 25 heavy (non-hydrogen) atoms. The maximum atomic E-state index is 11.7. The van der Waals surface area contributed by atoms with Gasteiger partial charge in [0.15, 0.2) is 0 Å². The fourth-order valence-corrected chi connectivity index (χ4v) is 1.93. The molecule has 0 aliphatic heterocycles. The molecule has 1 atom stereocenters. The molecule has 2 amide bonds. The number of aldehydes is 1. The largest absolute Gasteiger partial charge is 0.356 e.